The average Bonchev–Trinajstić information content (AvgIpc) is 2.29. The summed E-state index contributed by atoms with van der Waals surface area (Å²) in [4.78, 5) is 0. The molecule has 0 aromatic carbocycles. The maximum absolute atomic E-state index is 5.64. The van der Waals surface area contributed by atoms with Crippen LogP contribution in [0.2, 0.25) is 4.44 Å². The van der Waals surface area contributed by atoms with Gasteiger partial charge in [-0.3, -0.25) is 0 Å². The van der Waals surface area contributed by atoms with Crippen LogP contribution in [0.5, 0.6) is 0 Å². The molecular formula is C10H26O3Sn2. The molecule has 0 aliphatic heterocycles. The van der Waals surface area contributed by atoms with Gasteiger partial charge < -0.3 is 0 Å². The second-order valence-corrected chi connectivity index (χ2v) is 20.5. The van der Waals surface area contributed by atoms with Crippen molar-refractivity contribution in [2.75, 3.05) is 14.2 Å². The molecule has 0 saturated heterocycles. The molecule has 5 heteroatoms. The van der Waals surface area contributed by atoms with Crippen molar-refractivity contribution >= 4 is 42.6 Å². The first-order valence-electron chi connectivity index (χ1n) is 5.90. The fourth-order valence-corrected chi connectivity index (χ4v) is 17.1. The van der Waals surface area contributed by atoms with Gasteiger partial charge in [0.2, 0.25) is 0 Å². The van der Waals surface area contributed by atoms with Crippen molar-refractivity contribution in [2.45, 2.75) is 49.9 Å². The van der Waals surface area contributed by atoms with Gasteiger partial charge in [0.25, 0.3) is 0 Å². The first-order chi connectivity index (χ1) is 7.24. The zero-order valence-electron chi connectivity index (χ0n) is 10.7. The Bertz CT molecular complexity index is 132. The third-order valence-corrected chi connectivity index (χ3v) is 22.8. The van der Waals surface area contributed by atoms with Crippen LogP contribution in [0, 0.1) is 0 Å². The summed E-state index contributed by atoms with van der Waals surface area (Å²) in [7, 11) is 3.48. The number of hydrogen-bond acceptors (Lipinski definition) is 3. The van der Waals surface area contributed by atoms with Crippen molar-refractivity contribution in [3.8, 4) is 0 Å². The Morgan fingerprint density at radius 1 is 0.933 bits per heavy atom. The van der Waals surface area contributed by atoms with Gasteiger partial charge >= 0.3 is 114 Å². The van der Waals surface area contributed by atoms with E-state index in [1.54, 1.807) is 14.2 Å². The summed E-state index contributed by atoms with van der Waals surface area (Å²) in [6, 6.07) is 0. The minimum absolute atomic E-state index is 0.228. The molecule has 0 aliphatic carbocycles. The van der Waals surface area contributed by atoms with Crippen molar-refractivity contribution in [1.29, 1.82) is 0 Å². The van der Waals surface area contributed by atoms with Gasteiger partial charge in [0, 0.05) is 0 Å². The van der Waals surface area contributed by atoms with Gasteiger partial charge in [-0.05, 0) is 0 Å². The van der Waals surface area contributed by atoms with Crippen LogP contribution in [-0.2, 0) is 7.56 Å². The zero-order valence-corrected chi connectivity index (χ0v) is 19.2. The van der Waals surface area contributed by atoms with Crippen LogP contribution in [0.15, 0.2) is 0 Å². The molecule has 0 atom stereocenters. The Morgan fingerprint density at radius 2 is 1.47 bits per heavy atom. The number of rotatable bonds is 10. The quantitative estimate of drug-likeness (QED) is 0.390. The molecule has 92 valence electrons. The van der Waals surface area contributed by atoms with E-state index in [4.69, 9.17) is 7.56 Å². The molecule has 15 heavy (non-hydrogen) atoms. The molecule has 0 heterocycles. The Morgan fingerprint density at radius 3 is 1.93 bits per heavy atom. The monoisotopic (exact) mass is 434 g/mol. The first kappa shape index (κ1) is 16.5. The van der Waals surface area contributed by atoms with E-state index >= 15 is 0 Å². The Balaban J connectivity index is 3.54. The molecule has 0 saturated carbocycles. The summed E-state index contributed by atoms with van der Waals surface area (Å²) in [5.41, 5.74) is 0. The third-order valence-electron chi connectivity index (χ3n) is 2.77. The predicted octanol–water partition coefficient (Wildman–Crippen LogP) is 1.88. The van der Waals surface area contributed by atoms with Gasteiger partial charge in [0.05, 0.1) is 0 Å². The fraction of sp³-hybridized carbons (Fsp3) is 1.00. The van der Waals surface area contributed by atoms with Crippen LogP contribution in [0.1, 0.15) is 45.4 Å². The molecule has 0 rings (SSSR count). The molecule has 0 fully saturated rings. The van der Waals surface area contributed by atoms with Gasteiger partial charge in [-0.25, -0.2) is 0 Å². The molecule has 0 radical (unpaired) electrons. The fourth-order valence-electron chi connectivity index (χ4n) is 1.68. The van der Waals surface area contributed by atoms with Crippen LogP contribution in [0.3, 0.4) is 0 Å². The Kier molecular flexibility index (Phi) is 11.7. The topological polar surface area (TPSA) is 27.7 Å². The first-order valence-corrected chi connectivity index (χ1v) is 13.7. The standard InChI is InChI=1S/C8H17.2CH3O.O.2Sn.3H/c1-3-5-7-8-6-4-2;2*1-2;;;;;;/h1,3-8H2,2H3;2*1H3;;;;;;/q;2*-1;;;+2;;;. The van der Waals surface area contributed by atoms with E-state index in [9.17, 15) is 0 Å². The van der Waals surface area contributed by atoms with E-state index in [1.807, 2.05) is 0 Å². The van der Waals surface area contributed by atoms with Crippen LogP contribution >= 0.6 is 0 Å². The number of hydrogen-bond donors (Lipinski definition) is 0. The molecule has 0 aromatic rings. The van der Waals surface area contributed by atoms with Gasteiger partial charge in [-0.15, -0.1) is 0 Å². The van der Waals surface area contributed by atoms with Crippen LogP contribution in [0.25, 0.3) is 0 Å². The minimum atomic E-state index is -2.94. The predicted molar refractivity (Wildman–Crippen MR) is 69.0 cm³/mol. The second kappa shape index (κ2) is 10.6. The van der Waals surface area contributed by atoms with E-state index < -0.39 is 19.6 Å². The van der Waals surface area contributed by atoms with Crippen molar-refractivity contribution in [3.05, 3.63) is 0 Å². The average molecular weight is 432 g/mol. The van der Waals surface area contributed by atoms with Crippen molar-refractivity contribution in [2.24, 2.45) is 0 Å². The van der Waals surface area contributed by atoms with E-state index in [1.165, 1.54) is 38.5 Å². The van der Waals surface area contributed by atoms with Gasteiger partial charge in [-0.2, -0.15) is 0 Å². The third kappa shape index (κ3) is 7.41. The molecule has 0 aliphatic rings. The molecule has 0 amide bonds. The molecule has 0 unspecified atom stereocenters. The summed E-state index contributed by atoms with van der Waals surface area (Å²) >= 11 is -2.71. The molecule has 0 N–H and O–H groups in total. The Labute approximate surface area is 113 Å². The zero-order chi connectivity index (χ0) is 11.6. The van der Waals surface area contributed by atoms with Crippen molar-refractivity contribution in [1.82, 2.24) is 0 Å². The van der Waals surface area contributed by atoms with E-state index in [0.717, 1.165) is 4.44 Å². The molecule has 0 spiro atoms. The van der Waals surface area contributed by atoms with E-state index in [2.05, 4.69) is 6.92 Å². The van der Waals surface area contributed by atoms with Crippen molar-refractivity contribution in [3.63, 3.8) is 0 Å². The summed E-state index contributed by atoms with van der Waals surface area (Å²) in [6.45, 7) is 2.25. The van der Waals surface area contributed by atoms with Crippen LogP contribution < -0.4 is 0 Å². The van der Waals surface area contributed by atoms with Gasteiger partial charge in [-0.1, -0.05) is 0 Å². The number of unbranched alkanes of at least 4 members (excludes halogenated alkanes) is 5. The van der Waals surface area contributed by atoms with Gasteiger partial charge in [0.15, 0.2) is 0 Å². The normalized spacial score (nSPS) is 12.2. The maximum atomic E-state index is 5.64. The van der Waals surface area contributed by atoms with Crippen molar-refractivity contribution < 1.29 is 7.56 Å². The van der Waals surface area contributed by atoms with Crippen LogP contribution in [0.4, 0.5) is 0 Å². The summed E-state index contributed by atoms with van der Waals surface area (Å²) in [5, 5.41) is 0. The van der Waals surface area contributed by atoms with Crippen LogP contribution in [-0.4, -0.2) is 56.8 Å². The molecule has 3 nitrogen and oxygen atoms in total. The molecule has 0 bridgehead atoms. The van der Waals surface area contributed by atoms with E-state index in [0.29, 0.717) is 0 Å². The molecular weight excluding hydrogens is 406 g/mol. The SMILES string of the molecule is CCCCCCC[CH2][Sn]([O]C)([O]C)[O][SnH3]. The Hall–Kier alpha value is 1.48. The molecule has 0 aromatic heterocycles. The van der Waals surface area contributed by atoms with Gasteiger partial charge in [0.1, 0.15) is 0 Å². The van der Waals surface area contributed by atoms with E-state index in [-0.39, 0.29) is 22.9 Å². The summed E-state index contributed by atoms with van der Waals surface area (Å²) in [5.74, 6) is 0. The summed E-state index contributed by atoms with van der Waals surface area (Å²) in [6.07, 6.45) is 7.89. The summed E-state index contributed by atoms with van der Waals surface area (Å²) < 4.78 is 17.7. The second-order valence-electron chi connectivity index (χ2n) is 3.81.